The van der Waals surface area contributed by atoms with Crippen molar-refractivity contribution in [2.45, 2.75) is 51.5 Å². The number of nitrogens with zero attached hydrogens (tertiary/aromatic N) is 1. The predicted molar refractivity (Wildman–Crippen MR) is 83.8 cm³/mol. The number of hydrogen-bond acceptors (Lipinski definition) is 2. The molecule has 1 aromatic rings. The highest BCUT2D eigenvalue weighted by Gasteiger charge is 2.24. The van der Waals surface area contributed by atoms with Gasteiger partial charge < -0.3 is 10.6 Å². The number of aryl methyl sites for hydroxylation is 1. The quantitative estimate of drug-likeness (QED) is 0.916. The lowest BCUT2D eigenvalue weighted by Gasteiger charge is -2.27. The fraction of sp³-hybridized carbons (Fsp3) is 0.588. The third-order valence-electron chi connectivity index (χ3n) is 4.35. The molecular formula is C17H26N2O. The van der Waals surface area contributed by atoms with Crippen molar-refractivity contribution in [3.05, 3.63) is 29.8 Å². The van der Waals surface area contributed by atoms with Crippen molar-refractivity contribution in [3.8, 4) is 0 Å². The number of anilines is 1. The molecule has 1 saturated carbocycles. The summed E-state index contributed by atoms with van der Waals surface area (Å²) in [4.78, 5) is 14.1. The molecule has 1 aliphatic carbocycles. The minimum atomic E-state index is -0.372. The topological polar surface area (TPSA) is 46.3 Å². The fourth-order valence-corrected chi connectivity index (χ4v) is 3.10. The van der Waals surface area contributed by atoms with Crippen molar-refractivity contribution in [2.24, 2.45) is 11.7 Å². The number of rotatable bonds is 4. The maximum absolute atomic E-state index is 12.4. The molecule has 3 heteroatoms. The number of carbonyl (C=O) groups is 1. The van der Waals surface area contributed by atoms with Crippen LogP contribution in [0.2, 0.25) is 0 Å². The molecule has 1 fully saturated rings. The molecule has 0 spiro atoms. The van der Waals surface area contributed by atoms with E-state index in [2.05, 4.69) is 0 Å². The van der Waals surface area contributed by atoms with Gasteiger partial charge in [0.15, 0.2) is 0 Å². The van der Waals surface area contributed by atoms with Crippen molar-refractivity contribution in [1.29, 1.82) is 0 Å². The van der Waals surface area contributed by atoms with Gasteiger partial charge in [-0.3, -0.25) is 4.79 Å². The van der Waals surface area contributed by atoms with Crippen LogP contribution in [0.1, 0.15) is 44.1 Å². The van der Waals surface area contributed by atoms with E-state index in [9.17, 15) is 4.79 Å². The molecule has 20 heavy (non-hydrogen) atoms. The van der Waals surface area contributed by atoms with Crippen molar-refractivity contribution in [3.63, 3.8) is 0 Å². The van der Waals surface area contributed by atoms with Crippen LogP contribution < -0.4 is 10.6 Å². The Morgan fingerprint density at radius 3 is 2.70 bits per heavy atom. The zero-order valence-electron chi connectivity index (χ0n) is 12.6. The van der Waals surface area contributed by atoms with E-state index in [0.717, 1.165) is 17.7 Å². The highest BCUT2D eigenvalue weighted by Crippen LogP contribution is 2.27. The van der Waals surface area contributed by atoms with Crippen molar-refractivity contribution in [1.82, 2.24) is 0 Å². The molecule has 0 heterocycles. The molecule has 1 amide bonds. The van der Waals surface area contributed by atoms with Crippen LogP contribution in [0, 0.1) is 12.8 Å². The maximum atomic E-state index is 12.4. The van der Waals surface area contributed by atoms with E-state index in [1.54, 1.807) is 4.90 Å². The van der Waals surface area contributed by atoms with E-state index in [-0.39, 0.29) is 11.9 Å². The van der Waals surface area contributed by atoms with Crippen LogP contribution in [0.4, 0.5) is 5.69 Å². The highest BCUT2D eigenvalue weighted by atomic mass is 16.2. The van der Waals surface area contributed by atoms with Gasteiger partial charge in [0.25, 0.3) is 0 Å². The standard InChI is InChI=1S/C17H26N2O/c1-13-7-6-10-15(11-13)19(2)17(20)16(18)12-14-8-4-3-5-9-14/h6-7,10-11,14,16H,3-5,8-9,12,18H2,1-2H3. The van der Waals surface area contributed by atoms with E-state index in [0.29, 0.717) is 5.92 Å². The van der Waals surface area contributed by atoms with E-state index < -0.39 is 0 Å². The zero-order chi connectivity index (χ0) is 14.5. The lowest BCUT2D eigenvalue weighted by Crippen LogP contribution is -2.43. The molecule has 1 aliphatic rings. The maximum Gasteiger partial charge on any atom is 0.243 e. The number of likely N-dealkylation sites (N-methyl/N-ethyl adjacent to an activating group) is 1. The smallest absolute Gasteiger partial charge is 0.243 e. The van der Waals surface area contributed by atoms with Gasteiger partial charge in [-0.2, -0.15) is 0 Å². The van der Waals surface area contributed by atoms with Gasteiger partial charge in [-0.25, -0.2) is 0 Å². The molecule has 0 saturated heterocycles. The van der Waals surface area contributed by atoms with Crippen LogP contribution in [0.5, 0.6) is 0 Å². The van der Waals surface area contributed by atoms with E-state index in [1.165, 1.54) is 32.1 Å². The molecule has 3 nitrogen and oxygen atoms in total. The minimum Gasteiger partial charge on any atom is -0.320 e. The van der Waals surface area contributed by atoms with Gasteiger partial charge in [-0.15, -0.1) is 0 Å². The Bertz CT molecular complexity index is 452. The van der Waals surface area contributed by atoms with Gasteiger partial charge in [0.1, 0.15) is 0 Å². The molecular weight excluding hydrogens is 248 g/mol. The summed E-state index contributed by atoms with van der Waals surface area (Å²) in [5.74, 6) is 0.662. The molecule has 2 N–H and O–H groups in total. The first-order chi connectivity index (χ1) is 9.58. The second kappa shape index (κ2) is 6.89. The first-order valence-electron chi connectivity index (χ1n) is 7.67. The summed E-state index contributed by atoms with van der Waals surface area (Å²) in [5, 5.41) is 0. The van der Waals surface area contributed by atoms with Gasteiger partial charge in [-0.05, 0) is 37.0 Å². The van der Waals surface area contributed by atoms with Crippen LogP contribution in [0.15, 0.2) is 24.3 Å². The Hall–Kier alpha value is -1.35. The summed E-state index contributed by atoms with van der Waals surface area (Å²) < 4.78 is 0. The predicted octanol–water partition coefficient (Wildman–Crippen LogP) is 3.26. The van der Waals surface area contributed by atoms with Gasteiger partial charge in [0, 0.05) is 12.7 Å². The minimum absolute atomic E-state index is 0.0289. The first-order valence-corrected chi connectivity index (χ1v) is 7.67. The third-order valence-corrected chi connectivity index (χ3v) is 4.35. The van der Waals surface area contributed by atoms with Gasteiger partial charge in [-0.1, -0.05) is 44.2 Å². The molecule has 1 atom stereocenters. The number of nitrogens with two attached hydrogens (primary N) is 1. The molecule has 110 valence electrons. The van der Waals surface area contributed by atoms with Crippen molar-refractivity contribution in [2.75, 3.05) is 11.9 Å². The number of amides is 1. The van der Waals surface area contributed by atoms with E-state index in [4.69, 9.17) is 5.73 Å². The average Bonchev–Trinajstić information content (AvgIpc) is 2.46. The Labute approximate surface area is 122 Å². The summed E-state index contributed by atoms with van der Waals surface area (Å²) in [7, 11) is 1.82. The Balaban J connectivity index is 1.95. The Kier molecular flexibility index (Phi) is 5.18. The second-order valence-electron chi connectivity index (χ2n) is 6.08. The van der Waals surface area contributed by atoms with Crippen LogP contribution in [0.3, 0.4) is 0 Å². The Morgan fingerprint density at radius 1 is 1.35 bits per heavy atom. The van der Waals surface area contributed by atoms with Crippen LogP contribution in [0.25, 0.3) is 0 Å². The van der Waals surface area contributed by atoms with Gasteiger partial charge in [0.05, 0.1) is 6.04 Å². The molecule has 1 aromatic carbocycles. The van der Waals surface area contributed by atoms with Gasteiger partial charge >= 0.3 is 0 Å². The average molecular weight is 274 g/mol. The van der Waals surface area contributed by atoms with Crippen LogP contribution in [-0.4, -0.2) is 19.0 Å². The Morgan fingerprint density at radius 2 is 2.05 bits per heavy atom. The van der Waals surface area contributed by atoms with Crippen molar-refractivity contribution < 1.29 is 4.79 Å². The largest absolute Gasteiger partial charge is 0.320 e. The summed E-state index contributed by atoms with van der Waals surface area (Å²) in [5.41, 5.74) is 8.21. The second-order valence-corrected chi connectivity index (χ2v) is 6.08. The summed E-state index contributed by atoms with van der Waals surface area (Å²) in [6.45, 7) is 2.03. The third kappa shape index (κ3) is 3.83. The van der Waals surface area contributed by atoms with E-state index in [1.807, 2.05) is 38.2 Å². The molecule has 2 rings (SSSR count). The normalized spacial score (nSPS) is 17.8. The van der Waals surface area contributed by atoms with Crippen molar-refractivity contribution >= 4 is 11.6 Å². The van der Waals surface area contributed by atoms with E-state index >= 15 is 0 Å². The summed E-state index contributed by atoms with van der Waals surface area (Å²) >= 11 is 0. The molecule has 1 unspecified atom stereocenters. The molecule has 0 aromatic heterocycles. The van der Waals surface area contributed by atoms with Gasteiger partial charge in [0.2, 0.25) is 5.91 Å². The van der Waals surface area contributed by atoms with Crippen LogP contribution >= 0.6 is 0 Å². The fourth-order valence-electron chi connectivity index (χ4n) is 3.10. The first kappa shape index (κ1) is 15.0. The summed E-state index contributed by atoms with van der Waals surface area (Å²) in [6.07, 6.45) is 7.21. The number of benzene rings is 1. The lowest BCUT2D eigenvalue weighted by molar-refractivity contribution is -0.120. The summed E-state index contributed by atoms with van der Waals surface area (Å²) in [6, 6.07) is 7.61. The highest BCUT2D eigenvalue weighted by molar-refractivity contribution is 5.96. The monoisotopic (exact) mass is 274 g/mol. The molecule has 0 bridgehead atoms. The SMILES string of the molecule is Cc1cccc(N(C)C(=O)C(N)CC2CCCCC2)c1. The lowest BCUT2D eigenvalue weighted by atomic mass is 9.85. The number of hydrogen-bond donors (Lipinski definition) is 1. The van der Waals surface area contributed by atoms with Crippen LogP contribution in [-0.2, 0) is 4.79 Å². The molecule has 0 aliphatic heterocycles. The number of carbonyl (C=O) groups excluding carboxylic acids is 1. The zero-order valence-corrected chi connectivity index (χ0v) is 12.6. The molecule has 0 radical (unpaired) electrons.